The van der Waals surface area contributed by atoms with Crippen LogP contribution in [0.2, 0.25) is 0 Å². The second-order valence-corrected chi connectivity index (χ2v) is 4.47. The van der Waals surface area contributed by atoms with Crippen LogP contribution in [0.5, 0.6) is 0 Å². The van der Waals surface area contributed by atoms with Gasteiger partial charge >= 0.3 is 0 Å². The van der Waals surface area contributed by atoms with Crippen LogP contribution in [-0.2, 0) is 0 Å². The number of anilines is 1. The summed E-state index contributed by atoms with van der Waals surface area (Å²) in [4.78, 5) is 4.29. The Morgan fingerprint density at radius 3 is 2.70 bits per heavy atom. The van der Waals surface area contributed by atoms with Crippen molar-refractivity contribution in [2.24, 2.45) is 0 Å². The fraction of sp³-hybridized carbons (Fsp3) is 0.0667. The summed E-state index contributed by atoms with van der Waals surface area (Å²) >= 11 is 0. The molecule has 0 spiro atoms. The summed E-state index contributed by atoms with van der Waals surface area (Å²) in [5, 5.41) is 3.91. The minimum atomic E-state index is -0.343. The number of nitrogens with two attached hydrogens (primary N) is 1. The number of rotatable bonds is 2. The van der Waals surface area contributed by atoms with Gasteiger partial charge < -0.3 is 10.3 Å². The molecule has 0 atom stereocenters. The molecule has 2 aromatic carbocycles. The number of nitrogen functional groups attached to an aromatic ring is 1. The zero-order valence-electron chi connectivity index (χ0n) is 10.8. The molecule has 0 fully saturated rings. The maximum absolute atomic E-state index is 13.3. The van der Waals surface area contributed by atoms with Gasteiger partial charge in [-0.25, -0.2) is 4.39 Å². The third-order valence-electron chi connectivity index (χ3n) is 3.06. The standard InChI is InChI=1S/C15H12FN3O/c1-9-6-7-10(16)8-12(9)15-18-14(19-20-15)11-4-2-3-5-13(11)17/h2-8H,17H2,1H3. The minimum Gasteiger partial charge on any atom is -0.398 e. The molecule has 0 saturated heterocycles. The average Bonchev–Trinajstić information content (AvgIpc) is 2.91. The zero-order valence-corrected chi connectivity index (χ0v) is 10.8. The Kier molecular flexibility index (Phi) is 2.95. The van der Waals surface area contributed by atoms with Gasteiger partial charge in [-0.2, -0.15) is 4.98 Å². The fourth-order valence-corrected chi connectivity index (χ4v) is 1.97. The van der Waals surface area contributed by atoms with E-state index >= 15 is 0 Å². The number of aromatic nitrogens is 2. The lowest BCUT2D eigenvalue weighted by atomic mass is 10.1. The van der Waals surface area contributed by atoms with Gasteiger partial charge in [0.05, 0.1) is 0 Å². The number of hydrogen-bond donors (Lipinski definition) is 1. The largest absolute Gasteiger partial charge is 0.398 e. The van der Waals surface area contributed by atoms with Crippen LogP contribution < -0.4 is 5.73 Å². The monoisotopic (exact) mass is 269 g/mol. The van der Waals surface area contributed by atoms with E-state index in [1.165, 1.54) is 12.1 Å². The van der Waals surface area contributed by atoms with Gasteiger partial charge in [-0.15, -0.1) is 0 Å². The van der Waals surface area contributed by atoms with Crippen molar-refractivity contribution >= 4 is 5.69 Å². The maximum atomic E-state index is 13.3. The van der Waals surface area contributed by atoms with E-state index in [-0.39, 0.29) is 11.7 Å². The summed E-state index contributed by atoms with van der Waals surface area (Å²) in [6.07, 6.45) is 0. The second kappa shape index (κ2) is 4.77. The van der Waals surface area contributed by atoms with Crippen molar-refractivity contribution in [3.05, 3.63) is 53.8 Å². The van der Waals surface area contributed by atoms with Gasteiger partial charge in [-0.05, 0) is 36.8 Å². The molecular weight excluding hydrogens is 257 g/mol. The molecule has 3 rings (SSSR count). The van der Waals surface area contributed by atoms with E-state index < -0.39 is 0 Å². The van der Waals surface area contributed by atoms with Crippen LogP contribution in [0.3, 0.4) is 0 Å². The van der Waals surface area contributed by atoms with Gasteiger partial charge in [0.1, 0.15) is 5.82 Å². The van der Waals surface area contributed by atoms with Crippen molar-refractivity contribution in [1.82, 2.24) is 10.1 Å². The van der Waals surface area contributed by atoms with Crippen molar-refractivity contribution in [2.45, 2.75) is 6.92 Å². The topological polar surface area (TPSA) is 64.9 Å². The number of aryl methyl sites for hydroxylation is 1. The molecule has 1 aromatic heterocycles. The summed E-state index contributed by atoms with van der Waals surface area (Å²) in [7, 11) is 0. The van der Waals surface area contributed by atoms with Crippen molar-refractivity contribution in [2.75, 3.05) is 5.73 Å². The SMILES string of the molecule is Cc1ccc(F)cc1-c1nc(-c2ccccc2N)no1. The molecule has 0 amide bonds. The van der Waals surface area contributed by atoms with E-state index in [0.717, 1.165) is 5.56 Å². The molecule has 3 aromatic rings. The predicted octanol–water partition coefficient (Wildman–Crippen LogP) is 3.43. The van der Waals surface area contributed by atoms with Gasteiger partial charge in [0.2, 0.25) is 5.82 Å². The highest BCUT2D eigenvalue weighted by Crippen LogP contribution is 2.27. The van der Waals surface area contributed by atoms with Gasteiger partial charge in [0.25, 0.3) is 5.89 Å². The maximum Gasteiger partial charge on any atom is 0.258 e. The smallest absolute Gasteiger partial charge is 0.258 e. The van der Waals surface area contributed by atoms with Gasteiger partial charge in [0.15, 0.2) is 0 Å². The number of hydrogen-bond acceptors (Lipinski definition) is 4. The quantitative estimate of drug-likeness (QED) is 0.724. The summed E-state index contributed by atoms with van der Waals surface area (Å²) in [6.45, 7) is 1.86. The Morgan fingerprint density at radius 1 is 1.10 bits per heavy atom. The zero-order chi connectivity index (χ0) is 14.1. The van der Waals surface area contributed by atoms with Crippen LogP contribution in [0.1, 0.15) is 5.56 Å². The molecule has 100 valence electrons. The van der Waals surface area contributed by atoms with Gasteiger partial charge in [-0.3, -0.25) is 0 Å². The highest BCUT2D eigenvalue weighted by Gasteiger charge is 2.14. The fourth-order valence-electron chi connectivity index (χ4n) is 1.97. The summed E-state index contributed by atoms with van der Waals surface area (Å²) in [5.41, 5.74) is 8.57. The molecule has 5 heteroatoms. The number of para-hydroxylation sites is 1. The molecule has 0 saturated carbocycles. The minimum absolute atomic E-state index is 0.278. The molecule has 0 aliphatic carbocycles. The van der Waals surface area contributed by atoms with Crippen molar-refractivity contribution in [3.63, 3.8) is 0 Å². The van der Waals surface area contributed by atoms with E-state index in [2.05, 4.69) is 10.1 Å². The normalized spacial score (nSPS) is 10.7. The van der Waals surface area contributed by atoms with E-state index in [1.807, 2.05) is 25.1 Å². The molecule has 0 aliphatic rings. The van der Waals surface area contributed by atoms with Crippen molar-refractivity contribution in [1.29, 1.82) is 0 Å². The summed E-state index contributed by atoms with van der Waals surface area (Å²) < 4.78 is 18.5. The van der Waals surface area contributed by atoms with Crippen LogP contribution in [0, 0.1) is 12.7 Å². The first kappa shape index (κ1) is 12.3. The highest BCUT2D eigenvalue weighted by atomic mass is 19.1. The van der Waals surface area contributed by atoms with Crippen LogP contribution in [0.25, 0.3) is 22.8 Å². The van der Waals surface area contributed by atoms with Crippen LogP contribution >= 0.6 is 0 Å². The van der Waals surface area contributed by atoms with E-state index in [4.69, 9.17) is 10.3 Å². The molecule has 20 heavy (non-hydrogen) atoms. The molecule has 0 aliphatic heterocycles. The predicted molar refractivity (Wildman–Crippen MR) is 74.3 cm³/mol. The summed E-state index contributed by atoms with van der Waals surface area (Å²) in [6, 6.07) is 11.7. The van der Waals surface area contributed by atoms with Gasteiger partial charge in [-0.1, -0.05) is 23.4 Å². The second-order valence-electron chi connectivity index (χ2n) is 4.47. The highest BCUT2D eigenvalue weighted by molar-refractivity contribution is 5.72. The van der Waals surface area contributed by atoms with Gasteiger partial charge in [0, 0.05) is 16.8 Å². The van der Waals surface area contributed by atoms with E-state index in [1.54, 1.807) is 12.1 Å². The van der Waals surface area contributed by atoms with E-state index in [0.29, 0.717) is 22.6 Å². The Bertz CT molecular complexity index is 767. The summed E-state index contributed by atoms with van der Waals surface area (Å²) in [5.74, 6) is 0.326. The Labute approximate surface area is 115 Å². The lowest BCUT2D eigenvalue weighted by Gasteiger charge is -2.00. The van der Waals surface area contributed by atoms with Crippen LogP contribution in [-0.4, -0.2) is 10.1 Å². The molecular formula is C15H12FN3O. The molecule has 4 nitrogen and oxygen atoms in total. The van der Waals surface area contributed by atoms with Crippen LogP contribution in [0.15, 0.2) is 47.0 Å². The van der Waals surface area contributed by atoms with Crippen molar-refractivity contribution < 1.29 is 8.91 Å². The Hall–Kier alpha value is -2.69. The molecule has 2 N–H and O–H groups in total. The average molecular weight is 269 g/mol. The molecule has 0 bridgehead atoms. The first-order valence-corrected chi connectivity index (χ1v) is 6.10. The van der Waals surface area contributed by atoms with Crippen LogP contribution in [0.4, 0.5) is 10.1 Å². The third-order valence-corrected chi connectivity index (χ3v) is 3.06. The molecule has 1 heterocycles. The number of nitrogens with zero attached hydrogens (tertiary/aromatic N) is 2. The number of halogens is 1. The Morgan fingerprint density at radius 2 is 1.90 bits per heavy atom. The number of benzene rings is 2. The first-order valence-electron chi connectivity index (χ1n) is 6.10. The third kappa shape index (κ3) is 2.14. The van der Waals surface area contributed by atoms with E-state index in [9.17, 15) is 4.39 Å². The lowest BCUT2D eigenvalue weighted by molar-refractivity contribution is 0.432. The van der Waals surface area contributed by atoms with Crippen molar-refractivity contribution in [3.8, 4) is 22.8 Å². The lowest BCUT2D eigenvalue weighted by Crippen LogP contribution is -1.90. The molecule has 0 unspecified atom stereocenters. The molecule has 0 radical (unpaired) electrons. The Balaban J connectivity index is 2.07. The first-order chi connectivity index (χ1) is 9.65.